The van der Waals surface area contributed by atoms with Gasteiger partial charge < -0.3 is 19.6 Å². The van der Waals surface area contributed by atoms with Crippen LogP contribution in [0.3, 0.4) is 0 Å². The molecule has 3 heterocycles. The fourth-order valence-corrected chi connectivity index (χ4v) is 3.66. The van der Waals surface area contributed by atoms with Gasteiger partial charge in [0.15, 0.2) is 5.96 Å². The Morgan fingerprint density at radius 3 is 2.72 bits per heavy atom. The number of hydrogen-bond donors (Lipinski definition) is 1. The van der Waals surface area contributed by atoms with E-state index in [1.165, 1.54) is 0 Å². The first-order chi connectivity index (χ1) is 15.2. The van der Waals surface area contributed by atoms with E-state index in [-0.39, 0.29) is 24.0 Å². The van der Waals surface area contributed by atoms with Crippen LogP contribution in [0.25, 0.3) is 11.4 Å². The van der Waals surface area contributed by atoms with E-state index in [9.17, 15) is 0 Å². The molecule has 0 spiro atoms. The summed E-state index contributed by atoms with van der Waals surface area (Å²) < 4.78 is 5.39. The van der Waals surface area contributed by atoms with E-state index < -0.39 is 0 Å². The van der Waals surface area contributed by atoms with Gasteiger partial charge in [-0.1, -0.05) is 35.0 Å². The zero-order chi connectivity index (χ0) is 21.5. The molecular formula is C22H27ClIN7O. The first-order valence-corrected chi connectivity index (χ1v) is 10.9. The first-order valence-electron chi connectivity index (χ1n) is 10.5. The van der Waals surface area contributed by atoms with Gasteiger partial charge >= 0.3 is 0 Å². The molecule has 10 heteroatoms. The summed E-state index contributed by atoms with van der Waals surface area (Å²) in [4.78, 5) is 18.3. The van der Waals surface area contributed by atoms with Crippen molar-refractivity contribution in [2.75, 3.05) is 44.2 Å². The molecule has 0 saturated carbocycles. The third kappa shape index (κ3) is 6.32. The van der Waals surface area contributed by atoms with Crippen LogP contribution in [0.5, 0.6) is 0 Å². The van der Waals surface area contributed by atoms with Crippen LogP contribution < -0.4 is 10.2 Å². The Morgan fingerprint density at radius 1 is 1.16 bits per heavy atom. The molecule has 0 radical (unpaired) electrons. The molecule has 1 fully saturated rings. The zero-order valence-corrected chi connectivity index (χ0v) is 21.0. The van der Waals surface area contributed by atoms with Gasteiger partial charge in [0.25, 0.3) is 0 Å². The monoisotopic (exact) mass is 567 g/mol. The van der Waals surface area contributed by atoms with Gasteiger partial charge in [0.05, 0.1) is 6.54 Å². The fourth-order valence-electron chi connectivity index (χ4n) is 3.47. The first kappa shape index (κ1) is 24.2. The molecule has 1 aliphatic rings. The highest BCUT2D eigenvalue weighted by atomic mass is 127. The van der Waals surface area contributed by atoms with E-state index in [1.807, 2.05) is 42.6 Å². The number of hydrogen-bond acceptors (Lipinski definition) is 6. The third-order valence-corrected chi connectivity index (χ3v) is 5.26. The van der Waals surface area contributed by atoms with E-state index in [0.717, 1.165) is 50.1 Å². The number of nitrogens with one attached hydrogen (secondary N) is 1. The summed E-state index contributed by atoms with van der Waals surface area (Å²) in [5.74, 6) is 3.04. The standard InChI is InChI=1S/C22H26ClN7O.HI/c1-2-24-22(30-14-12-29(13-15-30)19-8-3-4-10-25-19)26-11-9-20-27-21(28-31-20)17-6-5-7-18(23)16-17;/h3-8,10,16H,2,9,11-15H2,1H3,(H,24,26);1H. The number of halogens is 2. The summed E-state index contributed by atoms with van der Waals surface area (Å²) in [6.45, 7) is 7.07. The maximum Gasteiger partial charge on any atom is 0.228 e. The third-order valence-electron chi connectivity index (χ3n) is 5.03. The summed E-state index contributed by atoms with van der Waals surface area (Å²) in [5, 5.41) is 8.09. The van der Waals surface area contributed by atoms with Gasteiger partial charge in [0, 0.05) is 55.9 Å². The van der Waals surface area contributed by atoms with Crippen LogP contribution >= 0.6 is 35.6 Å². The van der Waals surface area contributed by atoms with Crippen LogP contribution in [-0.2, 0) is 6.42 Å². The normalized spacial score (nSPS) is 14.2. The van der Waals surface area contributed by atoms with Crippen molar-refractivity contribution in [1.82, 2.24) is 25.3 Å². The quantitative estimate of drug-likeness (QED) is 0.276. The van der Waals surface area contributed by atoms with Gasteiger partial charge in [0.1, 0.15) is 5.82 Å². The van der Waals surface area contributed by atoms with Gasteiger partial charge in [-0.3, -0.25) is 4.99 Å². The number of aliphatic imine (C=N–C) groups is 1. The van der Waals surface area contributed by atoms with E-state index in [1.54, 1.807) is 0 Å². The smallest absolute Gasteiger partial charge is 0.228 e. The number of pyridine rings is 1. The largest absolute Gasteiger partial charge is 0.357 e. The number of nitrogens with zero attached hydrogens (tertiary/aromatic N) is 6. The molecular weight excluding hydrogens is 541 g/mol. The summed E-state index contributed by atoms with van der Waals surface area (Å²) in [7, 11) is 0. The Kier molecular flexibility index (Phi) is 9.10. The van der Waals surface area contributed by atoms with Crippen molar-refractivity contribution in [1.29, 1.82) is 0 Å². The predicted molar refractivity (Wildman–Crippen MR) is 138 cm³/mol. The van der Waals surface area contributed by atoms with Crippen LogP contribution in [0.15, 0.2) is 58.2 Å². The maximum atomic E-state index is 6.05. The minimum Gasteiger partial charge on any atom is -0.357 e. The summed E-state index contributed by atoms with van der Waals surface area (Å²) in [6, 6.07) is 13.4. The van der Waals surface area contributed by atoms with Crippen molar-refractivity contribution in [2.45, 2.75) is 13.3 Å². The van der Waals surface area contributed by atoms with E-state index >= 15 is 0 Å². The SMILES string of the molecule is CCNC(=NCCc1nc(-c2cccc(Cl)c2)no1)N1CCN(c2ccccn2)CC1.I. The zero-order valence-electron chi connectivity index (χ0n) is 17.9. The Balaban J connectivity index is 0.00000289. The van der Waals surface area contributed by atoms with Crippen LogP contribution in [0.4, 0.5) is 5.82 Å². The van der Waals surface area contributed by atoms with Gasteiger partial charge in [0.2, 0.25) is 11.7 Å². The summed E-state index contributed by atoms with van der Waals surface area (Å²) in [5.41, 5.74) is 0.838. The van der Waals surface area contributed by atoms with E-state index in [2.05, 4.69) is 43.2 Å². The van der Waals surface area contributed by atoms with Crippen molar-refractivity contribution in [2.24, 2.45) is 4.99 Å². The predicted octanol–water partition coefficient (Wildman–Crippen LogP) is 3.73. The molecule has 1 saturated heterocycles. The highest BCUT2D eigenvalue weighted by Crippen LogP contribution is 2.20. The topological polar surface area (TPSA) is 82.7 Å². The van der Waals surface area contributed by atoms with E-state index in [0.29, 0.717) is 29.7 Å². The molecule has 1 aliphatic heterocycles. The lowest BCUT2D eigenvalue weighted by Gasteiger charge is -2.37. The molecule has 3 aromatic rings. The molecule has 0 aliphatic carbocycles. The summed E-state index contributed by atoms with van der Waals surface area (Å²) >= 11 is 6.05. The molecule has 170 valence electrons. The van der Waals surface area contributed by atoms with Crippen LogP contribution in [0.1, 0.15) is 12.8 Å². The number of aromatic nitrogens is 3. The van der Waals surface area contributed by atoms with Crippen molar-refractivity contribution in [3.8, 4) is 11.4 Å². The van der Waals surface area contributed by atoms with Gasteiger partial charge in [-0.2, -0.15) is 4.98 Å². The lowest BCUT2D eigenvalue weighted by molar-refractivity contribution is 0.368. The summed E-state index contributed by atoms with van der Waals surface area (Å²) in [6.07, 6.45) is 2.42. The number of benzene rings is 1. The second kappa shape index (κ2) is 12.0. The second-order valence-corrected chi connectivity index (χ2v) is 7.61. The number of piperazine rings is 1. The van der Waals surface area contributed by atoms with E-state index in [4.69, 9.17) is 21.1 Å². The average Bonchev–Trinajstić information content (AvgIpc) is 3.28. The van der Waals surface area contributed by atoms with Crippen molar-refractivity contribution in [3.63, 3.8) is 0 Å². The fraction of sp³-hybridized carbons (Fsp3) is 0.364. The number of rotatable bonds is 6. The van der Waals surface area contributed by atoms with Crippen LogP contribution in [0.2, 0.25) is 5.02 Å². The lowest BCUT2D eigenvalue weighted by Crippen LogP contribution is -2.52. The lowest BCUT2D eigenvalue weighted by atomic mass is 10.2. The molecule has 0 bridgehead atoms. The molecule has 4 rings (SSSR count). The molecule has 0 atom stereocenters. The minimum absolute atomic E-state index is 0. The Bertz CT molecular complexity index is 1010. The Morgan fingerprint density at radius 2 is 2.00 bits per heavy atom. The molecule has 0 amide bonds. The van der Waals surface area contributed by atoms with Crippen LogP contribution in [-0.4, -0.2) is 65.3 Å². The average molecular weight is 568 g/mol. The second-order valence-electron chi connectivity index (χ2n) is 7.17. The molecule has 0 unspecified atom stereocenters. The van der Waals surface area contributed by atoms with Crippen molar-refractivity contribution in [3.05, 3.63) is 59.6 Å². The highest BCUT2D eigenvalue weighted by molar-refractivity contribution is 14.0. The molecule has 32 heavy (non-hydrogen) atoms. The molecule has 2 aromatic heterocycles. The molecule has 8 nitrogen and oxygen atoms in total. The van der Waals surface area contributed by atoms with Crippen molar-refractivity contribution >= 4 is 47.4 Å². The van der Waals surface area contributed by atoms with Crippen LogP contribution in [0, 0.1) is 0 Å². The Labute approximate surface area is 210 Å². The van der Waals surface area contributed by atoms with Gasteiger partial charge in [-0.05, 0) is 31.2 Å². The highest BCUT2D eigenvalue weighted by Gasteiger charge is 2.20. The maximum absolute atomic E-state index is 6.05. The molecule has 1 N–H and O–H groups in total. The Hall–Kier alpha value is -2.40. The van der Waals surface area contributed by atoms with Gasteiger partial charge in [-0.25, -0.2) is 4.98 Å². The number of guanidine groups is 1. The van der Waals surface area contributed by atoms with Crippen molar-refractivity contribution < 1.29 is 4.52 Å². The minimum atomic E-state index is 0. The number of anilines is 1. The molecule has 1 aromatic carbocycles. The van der Waals surface area contributed by atoms with Gasteiger partial charge in [-0.15, -0.1) is 24.0 Å².